The Kier molecular flexibility index (Phi) is 7.94. The number of H-pyrrole nitrogens is 1. The summed E-state index contributed by atoms with van der Waals surface area (Å²) in [6.07, 6.45) is 12.8. The van der Waals surface area contributed by atoms with Gasteiger partial charge in [0.1, 0.15) is 12.4 Å². The summed E-state index contributed by atoms with van der Waals surface area (Å²) in [7, 11) is 1.93. The lowest BCUT2D eigenvalue weighted by atomic mass is 10.1. The highest BCUT2D eigenvalue weighted by molar-refractivity contribution is 5.69. The van der Waals surface area contributed by atoms with Crippen molar-refractivity contribution in [3.05, 3.63) is 18.2 Å². The number of nitrogens with zero attached hydrogens (tertiary/aromatic N) is 1. The average molecular weight is 267 g/mol. The van der Waals surface area contributed by atoms with E-state index in [2.05, 4.69) is 11.9 Å². The lowest BCUT2D eigenvalue weighted by molar-refractivity contribution is -0.679. The third-order valence-electron chi connectivity index (χ3n) is 3.33. The van der Waals surface area contributed by atoms with Crippen LogP contribution in [0, 0.1) is 0 Å². The van der Waals surface area contributed by atoms with Gasteiger partial charge in [0.05, 0.1) is 7.05 Å². The molecule has 19 heavy (non-hydrogen) atoms. The Labute approximate surface area is 116 Å². The molecule has 0 unspecified atom stereocenters. The van der Waals surface area contributed by atoms with E-state index in [1.165, 1.54) is 32.1 Å². The Hall–Kier alpha value is -1.32. The monoisotopic (exact) mass is 267 g/mol. The number of carbonyl (C=O) groups is 1. The molecule has 0 atom stereocenters. The first-order valence-corrected chi connectivity index (χ1v) is 7.41. The van der Waals surface area contributed by atoms with Crippen molar-refractivity contribution in [2.24, 2.45) is 7.05 Å². The van der Waals surface area contributed by atoms with E-state index in [0.29, 0.717) is 13.0 Å². The Balaban J connectivity index is 1.98. The van der Waals surface area contributed by atoms with Gasteiger partial charge in [-0.2, -0.15) is 0 Å². The minimum absolute atomic E-state index is 0.0943. The van der Waals surface area contributed by atoms with Crippen molar-refractivity contribution < 1.29 is 14.1 Å². The second-order valence-corrected chi connectivity index (χ2v) is 5.05. The van der Waals surface area contributed by atoms with Gasteiger partial charge in [-0.05, 0) is 6.42 Å². The normalized spacial score (nSPS) is 10.6. The zero-order chi connectivity index (χ0) is 13.9. The summed E-state index contributed by atoms with van der Waals surface area (Å²) >= 11 is 0. The molecule has 0 aliphatic rings. The van der Waals surface area contributed by atoms with Gasteiger partial charge in [0.15, 0.2) is 6.61 Å². The number of imidazole rings is 1. The van der Waals surface area contributed by atoms with Crippen LogP contribution in [0.4, 0.5) is 0 Å². The molecule has 0 amide bonds. The summed E-state index contributed by atoms with van der Waals surface area (Å²) < 4.78 is 7.14. The van der Waals surface area contributed by atoms with E-state index in [4.69, 9.17) is 4.74 Å². The molecule has 1 N–H and O–H groups in total. The summed E-state index contributed by atoms with van der Waals surface area (Å²) in [5.74, 6) is 0.816. The summed E-state index contributed by atoms with van der Waals surface area (Å²) in [6, 6.07) is 0. The number of aromatic nitrogens is 2. The van der Waals surface area contributed by atoms with Crippen molar-refractivity contribution >= 4 is 5.97 Å². The van der Waals surface area contributed by atoms with Crippen LogP contribution in [0.15, 0.2) is 12.4 Å². The number of unbranched alkanes of at least 4 members (excludes halogenated alkanes) is 6. The van der Waals surface area contributed by atoms with Crippen LogP contribution in [-0.2, 0) is 23.2 Å². The molecule has 0 saturated carbocycles. The van der Waals surface area contributed by atoms with Gasteiger partial charge < -0.3 is 4.74 Å². The third kappa shape index (κ3) is 6.99. The second kappa shape index (κ2) is 9.59. The maximum atomic E-state index is 11.5. The predicted octanol–water partition coefficient (Wildman–Crippen LogP) is 3.02. The van der Waals surface area contributed by atoms with E-state index in [-0.39, 0.29) is 5.97 Å². The van der Waals surface area contributed by atoms with Crippen molar-refractivity contribution in [1.29, 1.82) is 0 Å². The molecular formula is C15H27N2O2+. The number of hydrogen-bond donors (Lipinski definition) is 1. The van der Waals surface area contributed by atoms with E-state index < -0.39 is 0 Å². The Morgan fingerprint density at radius 3 is 2.53 bits per heavy atom. The predicted molar refractivity (Wildman–Crippen MR) is 74.4 cm³/mol. The molecule has 0 spiro atoms. The molecule has 0 fully saturated rings. The lowest BCUT2D eigenvalue weighted by Gasteiger charge is -2.02. The first kappa shape index (κ1) is 15.7. The molecule has 1 aromatic rings. The first-order valence-electron chi connectivity index (χ1n) is 7.41. The summed E-state index contributed by atoms with van der Waals surface area (Å²) in [4.78, 5) is 14.6. The molecule has 0 bridgehead atoms. The molecule has 1 heterocycles. The average Bonchev–Trinajstić information content (AvgIpc) is 2.81. The van der Waals surface area contributed by atoms with Crippen LogP contribution in [0.5, 0.6) is 0 Å². The van der Waals surface area contributed by atoms with Gasteiger partial charge in [0.2, 0.25) is 0 Å². The third-order valence-corrected chi connectivity index (χ3v) is 3.33. The number of nitrogens with one attached hydrogen (secondary N) is 1. The molecule has 4 heteroatoms. The van der Waals surface area contributed by atoms with Crippen LogP contribution in [0.3, 0.4) is 0 Å². The molecule has 0 saturated heterocycles. The summed E-state index contributed by atoms with van der Waals surface area (Å²) in [5.41, 5.74) is 0. The van der Waals surface area contributed by atoms with Gasteiger partial charge >= 0.3 is 5.97 Å². The fraction of sp³-hybridized carbons (Fsp3) is 0.733. The van der Waals surface area contributed by atoms with Gasteiger partial charge in [0, 0.05) is 6.42 Å². The van der Waals surface area contributed by atoms with Gasteiger partial charge in [-0.3, -0.25) is 4.79 Å². The molecule has 1 rings (SSSR count). The Morgan fingerprint density at radius 2 is 1.89 bits per heavy atom. The Bertz CT molecular complexity index is 361. The van der Waals surface area contributed by atoms with Crippen molar-refractivity contribution in [3.8, 4) is 0 Å². The fourth-order valence-electron chi connectivity index (χ4n) is 2.03. The SMILES string of the molecule is CCCCCCCCCC(=O)OCc1[nH]cc[n+]1C. The standard InChI is InChI=1S/C15H26N2O2/c1-3-4-5-6-7-8-9-10-15(18)19-13-14-16-11-12-17(14)2/h11-12H,3-10,13H2,1-2H3/p+1. The fourth-order valence-corrected chi connectivity index (χ4v) is 2.03. The minimum Gasteiger partial charge on any atom is -0.453 e. The molecule has 0 aliphatic carbocycles. The zero-order valence-electron chi connectivity index (χ0n) is 12.3. The molecular weight excluding hydrogens is 240 g/mol. The van der Waals surface area contributed by atoms with Crippen LogP contribution in [-0.4, -0.2) is 11.0 Å². The topological polar surface area (TPSA) is 46.0 Å². The number of ether oxygens (including phenoxy) is 1. The van der Waals surface area contributed by atoms with Crippen molar-refractivity contribution in [1.82, 2.24) is 4.98 Å². The van der Waals surface area contributed by atoms with Crippen LogP contribution in [0.25, 0.3) is 0 Å². The van der Waals surface area contributed by atoms with E-state index in [0.717, 1.165) is 18.7 Å². The molecule has 0 radical (unpaired) electrons. The zero-order valence-corrected chi connectivity index (χ0v) is 12.3. The van der Waals surface area contributed by atoms with Crippen molar-refractivity contribution in [2.45, 2.75) is 64.9 Å². The van der Waals surface area contributed by atoms with Crippen LogP contribution in [0.1, 0.15) is 64.1 Å². The minimum atomic E-state index is -0.0943. The number of hydrogen-bond acceptors (Lipinski definition) is 2. The van der Waals surface area contributed by atoms with Gasteiger partial charge in [-0.15, -0.1) is 0 Å². The quantitative estimate of drug-likeness (QED) is 0.402. The lowest BCUT2D eigenvalue weighted by Crippen LogP contribution is -2.31. The summed E-state index contributed by atoms with van der Waals surface area (Å²) in [6.45, 7) is 2.55. The highest BCUT2D eigenvalue weighted by Crippen LogP contribution is 2.09. The highest BCUT2D eigenvalue weighted by atomic mass is 16.5. The smallest absolute Gasteiger partial charge is 0.306 e. The second-order valence-electron chi connectivity index (χ2n) is 5.05. The summed E-state index contributed by atoms with van der Waals surface area (Å²) in [5, 5.41) is 0. The maximum Gasteiger partial charge on any atom is 0.306 e. The van der Waals surface area contributed by atoms with Crippen LogP contribution >= 0.6 is 0 Å². The molecule has 0 aromatic carbocycles. The molecule has 108 valence electrons. The molecule has 1 aromatic heterocycles. The molecule has 4 nitrogen and oxygen atoms in total. The van der Waals surface area contributed by atoms with Crippen molar-refractivity contribution in [3.63, 3.8) is 0 Å². The van der Waals surface area contributed by atoms with Gasteiger partial charge in [0.25, 0.3) is 5.82 Å². The number of aryl methyl sites for hydroxylation is 1. The Morgan fingerprint density at radius 1 is 1.21 bits per heavy atom. The van der Waals surface area contributed by atoms with E-state index in [1.807, 2.05) is 24.0 Å². The first-order chi connectivity index (χ1) is 9.24. The van der Waals surface area contributed by atoms with Gasteiger partial charge in [-0.1, -0.05) is 45.4 Å². The largest absolute Gasteiger partial charge is 0.453 e. The maximum absolute atomic E-state index is 11.5. The van der Waals surface area contributed by atoms with E-state index in [9.17, 15) is 4.79 Å². The number of rotatable bonds is 10. The van der Waals surface area contributed by atoms with Crippen LogP contribution < -0.4 is 4.57 Å². The number of carbonyl (C=O) groups excluding carboxylic acids is 1. The molecule has 0 aliphatic heterocycles. The van der Waals surface area contributed by atoms with Gasteiger partial charge in [-0.25, -0.2) is 9.55 Å². The van der Waals surface area contributed by atoms with E-state index in [1.54, 1.807) is 0 Å². The van der Waals surface area contributed by atoms with Crippen LogP contribution in [0.2, 0.25) is 0 Å². The highest BCUT2D eigenvalue weighted by Gasteiger charge is 2.10. The van der Waals surface area contributed by atoms with E-state index >= 15 is 0 Å². The number of esters is 1. The number of aromatic amines is 1. The van der Waals surface area contributed by atoms with Crippen molar-refractivity contribution in [2.75, 3.05) is 0 Å².